The molecule has 5 nitrogen and oxygen atoms in total. The number of nitrogens with zero attached hydrogens (tertiary/aromatic N) is 1. The highest BCUT2D eigenvalue weighted by atomic mass is 35.5. The minimum atomic E-state index is -0.480. The van der Waals surface area contributed by atoms with Gasteiger partial charge in [-0.2, -0.15) is 0 Å². The van der Waals surface area contributed by atoms with Crippen LogP contribution in [0.15, 0.2) is 48.2 Å². The Bertz CT molecular complexity index is 945. The van der Waals surface area contributed by atoms with E-state index in [1.54, 1.807) is 19.2 Å². The Morgan fingerprint density at radius 2 is 1.79 bits per heavy atom. The van der Waals surface area contributed by atoms with E-state index in [0.29, 0.717) is 29.3 Å². The van der Waals surface area contributed by atoms with E-state index in [-0.39, 0.29) is 22.8 Å². The minimum Gasteiger partial charge on any atom is -0.385 e. The number of benzene rings is 2. The molecule has 1 aliphatic heterocycles. The van der Waals surface area contributed by atoms with Gasteiger partial charge in [0.05, 0.1) is 10.6 Å². The number of amides is 2. The highest BCUT2D eigenvalue weighted by Crippen LogP contribution is 2.35. The minimum absolute atomic E-state index is 0.0817. The van der Waals surface area contributed by atoms with Gasteiger partial charge in [-0.15, -0.1) is 0 Å². The third kappa shape index (κ3) is 4.19. The van der Waals surface area contributed by atoms with Gasteiger partial charge in [0, 0.05) is 36.5 Å². The number of nitrogens with one attached hydrogen (secondary N) is 1. The first kappa shape index (κ1) is 20.3. The van der Waals surface area contributed by atoms with Crippen molar-refractivity contribution in [1.82, 2.24) is 4.90 Å². The van der Waals surface area contributed by atoms with Gasteiger partial charge in [0.2, 0.25) is 0 Å². The lowest BCUT2D eigenvalue weighted by Crippen LogP contribution is -2.33. The first-order valence-corrected chi connectivity index (χ1v) is 9.25. The van der Waals surface area contributed by atoms with E-state index >= 15 is 0 Å². The average Bonchev–Trinajstić information content (AvgIpc) is 2.88. The fraction of sp³-hybridized carbons (Fsp3) is 0.200. The highest BCUT2D eigenvalue weighted by Gasteiger charge is 2.39. The number of anilines is 1. The van der Waals surface area contributed by atoms with Crippen LogP contribution in [0.3, 0.4) is 0 Å². The first-order chi connectivity index (χ1) is 13.4. The summed E-state index contributed by atoms with van der Waals surface area (Å²) in [5, 5.41) is 3.60. The van der Waals surface area contributed by atoms with Crippen LogP contribution in [-0.4, -0.2) is 37.0 Å². The number of ether oxygens (including phenoxy) is 1. The zero-order valence-electron chi connectivity index (χ0n) is 15.0. The molecule has 1 heterocycles. The van der Waals surface area contributed by atoms with Crippen LogP contribution in [0.5, 0.6) is 0 Å². The van der Waals surface area contributed by atoms with E-state index in [4.69, 9.17) is 27.9 Å². The smallest absolute Gasteiger partial charge is 0.278 e. The summed E-state index contributed by atoms with van der Waals surface area (Å²) in [6, 6.07) is 10.2. The molecule has 146 valence electrons. The zero-order valence-corrected chi connectivity index (χ0v) is 16.5. The molecule has 1 N–H and O–H groups in total. The maximum absolute atomic E-state index is 13.2. The molecular weight excluding hydrogens is 406 g/mol. The van der Waals surface area contributed by atoms with Gasteiger partial charge < -0.3 is 10.1 Å². The van der Waals surface area contributed by atoms with Gasteiger partial charge in [0.15, 0.2) is 0 Å². The van der Waals surface area contributed by atoms with E-state index < -0.39 is 17.6 Å². The fourth-order valence-corrected chi connectivity index (χ4v) is 3.38. The summed E-state index contributed by atoms with van der Waals surface area (Å²) in [5.74, 6) is -1.35. The molecular formula is C20H17Cl2FN2O3. The molecule has 0 fully saturated rings. The Labute approximate surface area is 171 Å². The van der Waals surface area contributed by atoms with Crippen LogP contribution >= 0.6 is 23.2 Å². The topological polar surface area (TPSA) is 58.6 Å². The number of methoxy groups -OCH3 is 1. The fourth-order valence-electron chi connectivity index (χ4n) is 2.88. The summed E-state index contributed by atoms with van der Waals surface area (Å²) >= 11 is 12.2. The van der Waals surface area contributed by atoms with Gasteiger partial charge in [-0.3, -0.25) is 14.5 Å². The molecule has 0 aromatic heterocycles. The third-order valence-corrected chi connectivity index (χ3v) is 4.76. The van der Waals surface area contributed by atoms with Gasteiger partial charge in [-0.25, -0.2) is 4.39 Å². The van der Waals surface area contributed by atoms with Crippen molar-refractivity contribution in [1.29, 1.82) is 0 Å². The summed E-state index contributed by atoms with van der Waals surface area (Å²) in [6.07, 6.45) is 0.499. The maximum atomic E-state index is 13.2. The first-order valence-electron chi connectivity index (χ1n) is 8.49. The third-order valence-electron chi connectivity index (χ3n) is 4.21. The molecule has 0 aliphatic carbocycles. The Balaban J connectivity index is 2.03. The lowest BCUT2D eigenvalue weighted by atomic mass is 10.0. The molecule has 1 aliphatic rings. The van der Waals surface area contributed by atoms with Crippen molar-refractivity contribution in [3.05, 3.63) is 69.6 Å². The largest absolute Gasteiger partial charge is 0.385 e. The zero-order chi connectivity index (χ0) is 20.3. The van der Waals surface area contributed by atoms with Crippen LogP contribution in [0.4, 0.5) is 10.1 Å². The van der Waals surface area contributed by atoms with E-state index in [9.17, 15) is 14.0 Å². The predicted molar refractivity (Wildman–Crippen MR) is 107 cm³/mol. The van der Waals surface area contributed by atoms with Crippen LogP contribution in [0.1, 0.15) is 12.0 Å². The van der Waals surface area contributed by atoms with Crippen LogP contribution in [-0.2, 0) is 14.3 Å². The average molecular weight is 423 g/mol. The number of carbonyl (C=O) groups is 2. The van der Waals surface area contributed by atoms with Crippen molar-refractivity contribution in [3.8, 4) is 0 Å². The van der Waals surface area contributed by atoms with Crippen molar-refractivity contribution < 1.29 is 18.7 Å². The van der Waals surface area contributed by atoms with Crippen molar-refractivity contribution in [2.45, 2.75) is 6.42 Å². The van der Waals surface area contributed by atoms with Gasteiger partial charge in [0.25, 0.3) is 11.8 Å². The molecule has 0 atom stereocenters. The van der Waals surface area contributed by atoms with E-state index in [1.807, 2.05) is 0 Å². The van der Waals surface area contributed by atoms with Gasteiger partial charge >= 0.3 is 0 Å². The van der Waals surface area contributed by atoms with E-state index in [1.165, 1.54) is 30.3 Å². The molecule has 0 spiro atoms. The Hall–Kier alpha value is -2.41. The van der Waals surface area contributed by atoms with Crippen molar-refractivity contribution >= 4 is 46.3 Å². The molecule has 0 saturated carbocycles. The summed E-state index contributed by atoms with van der Waals surface area (Å²) in [6.45, 7) is 0.615. The summed E-state index contributed by atoms with van der Waals surface area (Å²) in [7, 11) is 1.55. The van der Waals surface area contributed by atoms with Crippen molar-refractivity contribution in [2.75, 3.05) is 25.6 Å². The van der Waals surface area contributed by atoms with Crippen LogP contribution in [0.25, 0.3) is 5.57 Å². The number of imide groups is 1. The quantitative estimate of drug-likeness (QED) is 0.531. The Morgan fingerprint density at radius 3 is 2.43 bits per heavy atom. The Morgan fingerprint density at radius 1 is 1.07 bits per heavy atom. The molecule has 0 bridgehead atoms. The molecule has 0 unspecified atom stereocenters. The molecule has 2 aromatic carbocycles. The predicted octanol–water partition coefficient (Wildman–Crippen LogP) is 4.36. The van der Waals surface area contributed by atoms with Crippen LogP contribution in [0, 0.1) is 5.82 Å². The van der Waals surface area contributed by atoms with Gasteiger partial charge in [0.1, 0.15) is 11.5 Å². The normalized spacial score (nSPS) is 14.2. The van der Waals surface area contributed by atoms with Gasteiger partial charge in [-0.1, -0.05) is 29.3 Å². The lowest BCUT2D eigenvalue weighted by Gasteiger charge is -2.15. The molecule has 0 saturated heterocycles. The van der Waals surface area contributed by atoms with Gasteiger partial charge in [-0.05, 0) is 42.8 Å². The van der Waals surface area contributed by atoms with E-state index in [0.717, 1.165) is 4.90 Å². The Kier molecular flexibility index (Phi) is 6.34. The number of carbonyl (C=O) groups excluding carboxylic acids is 2. The van der Waals surface area contributed by atoms with Crippen LogP contribution in [0.2, 0.25) is 10.0 Å². The number of hydrogen-bond acceptors (Lipinski definition) is 4. The van der Waals surface area contributed by atoms with E-state index in [2.05, 4.69) is 5.32 Å². The molecule has 2 aromatic rings. The number of hydrogen-bond donors (Lipinski definition) is 1. The summed E-state index contributed by atoms with van der Waals surface area (Å²) in [4.78, 5) is 27.1. The molecule has 2 amide bonds. The second-order valence-corrected chi connectivity index (χ2v) is 6.96. The van der Waals surface area contributed by atoms with Crippen molar-refractivity contribution in [3.63, 3.8) is 0 Å². The monoisotopic (exact) mass is 422 g/mol. The second kappa shape index (κ2) is 8.73. The second-order valence-electron chi connectivity index (χ2n) is 6.11. The molecule has 3 rings (SSSR count). The standard InChI is InChI=1S/C20H17Cl2FN2O3/c1-28-10-2-9-25-19(26)17(15-8-3-12(21)11-16(15)22)18(20(25)27)24-14-6-4-13(23)5-7-14/h3-8,11,24H,2,9-10H2,1H3. The summed E-state index contributed by atoms with van der Waals surface area (Å²) in [5.41, 5.74) is 1.09. The molecule has 8 heteroatoms. The molecule has 28 heavy (non-hydrogen) atoms. The highest BCUT2D eigenvalue weighted by molar-refractivity contribution is 6.41. The maximum Gasteiger partial charge on any atom is 0.278 e. The SMILES string of the molecule is COCCCN1C(=O)C(Nc2ccc(F)cc2)=C(c2ccc(Cl)cc2Cl)C1=O. The summed E-state index contributed by atoms with van der Waals surface area (Å²) < 4.78 is 18.2. The van der Waals surface area contributed by atoms with Crippen molar-refractivity contribution in [2.24, 2.45) is 0 Å². The number of rotatable bonds is 7. The lowest BCUT2D eigenvalue weighted by molar-refractivity contribution is -0.136. The molecule has 0 radical (unpaired) electrons. The number of halogens is 3. The van der Waals surface area contributed by atoms with Crippen LogP contribution < -0.4 is 5.32 Å².